The van der Waals surface area contributed by atoms with Gasteiger partial charge in [-0.25, -0.2) is 0 Å². The molecule has 0 aliphatic rings. The van der Waals surface area contributed by atoms with Gasteiger partial charge in [-0.15, -0.1) is 0 Å². The zero-order valence-electron chi connectivity index (χ0n) is 18.3. The second-order valence-corrected chi connectivity index (χ2v) is 7.10. The van der Waals surface area contributed by atoms with E-state index in [1.165, 1.54) is 0 Å². The molecule has 2 aromatic rings. The Kier molecular flexibility index (Phi) is 9.19. The highest BCUT2D eigenvalue weighted by Crippen LogP contribution is 2.26. The first-order chi connectivity index (χ1) is 14.5. The fourth-order valence-corrected chi connectivity index (χ4v) is 3.22. The first kappa shape index (κ1) is 23.3. The van der Waals surface area contributed by atoms with Gasteiger partial charge < -0.3 is 19.7 Å². The maximum atomic E-state index is 13.2. The Labute approximate surface area is 179 Å². The quantitative estimate of drug-likeness (QED) is 0.611. The molecule has 0 radical (unpaired) electrons. The number of nitrogens with one attached hydrogen (secondary N) is 1. The van der Waals surface area contributed by atoms with Crippen LogP contribution in [0.4, 0.5) is 0 Å². The lowest BCUT2D eigenvalue weighted by atomic mass is 10.1. The van der Waals surface area contributed by atoms with E-state index in [0.717, 1.165) is 17.5 Å². The fourth-order valence-electron chi connectivity index (χ4n) is 3.22. The van der Waals surface area contributed by atoms with E-state index in [4.69, 9.17) is 9.47 Å². The summed E-state index contributed by atoms with van der Waals surface area (Å²) in [5.41, 5.74) is 2.08. The number of benzene rings is 2. The second-order valence-electron chi connectivity index (χ2n) is 7.10. The third kappa shape index (κ3) is 6.24. The van der Waals surface area contributed by atoms with Crippen LogP contribution in [0.5, 0.6) is 11.5 Å². The minimum absolute atomic E-state index is 0.140. The molecular formula is C24H32N2O4. The molecule has 0 bridgehead atoms. The van der Waals surface area contributed by atoms with E-state index >= 15 is 0 Å². The van der Waals surface area contributed by atoms with Gasteiger partial charge in [0, 0.05) is 13.1 Å². The normalized spacial score (nSPS) is 11.5. The molecule has 1 N–H and O–H groups in total. The average Bonchev–Trinajstić information content (AvgIpc) is 2.77. The molecule has 1 atom stereocenters. The number of hydrogen-bond donors (Lipinski definition) is 1. The van der Waals surface area contributed by atoms with Crippen LogP contribution >= 0.6 is 0 Å². The molecule has 0 fully saturated rings. The topological polar surface area (TPSA) is 67.9 Å². The second kappa shape index (κ2) is 11.9. The number of aryl methyl sites for hydroxylation is 1. The summed E-state index contributed by atoms with van der Waals surface area (Å²) in [4.78, 5) is 27.6. The van der Waals surface area contributed by atoms with E-state index in [2.05, 4.69) is 5.32 Å². The molecule has 0 aromatic heterocycles. The number of ether oxygens (including phenoxy) is 2. The number of hydrogen-bond acceptors (Lipinski definition) is 4. The van der Waals surface area contributed by atoms with Crippen LogP contribution in [0.15, 0.2) is 48.5 Å². The van der Waals surface area contributed by atoms with Crippen molar-refractivity contribution >= 4 is 11.8 Å². The third-order valence-corrected chi connectivity index (χ3v) is 4.96. The zero-order chi connectivity index (χ0) is 21.9. The molecule has 0 spiro atoms. The summed E-state index contributed by atoms with van der Waals surface area (Å²) in [7, 11) is 1.56. The van der Waals surface area contributed by atoms with Crippen LogP contribution in [0.3, 0.4) is 0 Å². The largest absolute Gasteiger partial charge is 0.493 e. The molecule has 0 unspecified atom stereocenters. The number of carbonyl (C=O) groups excluding carboxylic acids is 2. The molecule has 6 nitrogen and oxygen atoms in total. The van der Waals surface area contributed by atoms with Gasteiger partial charge >= 0.3 is 0 Å². The Morgan fingerprint density at radius 1 is 1.03 bits per heavy atom. The maximum Gasteiger partial charge on any atom is 0.261 e. The third-order valence-electron chi connectivity index (χ3n) is 4.96. The van der Waals surface area contributed by atoms with Crippen molar-refractivity contribution in [3.63, 3.8) is 0 Å². The molecule has 6 heteroatoms. The van der Waals surface area contributed by atoms with Crippen LogP contribution in [0.25, 0.3) is 0 Å². The predicted molar refractivity (Wildman–Crippen MR) is 118 cm³/mol. The van der Waals surface area contributed by atoms with Gasteiger partial charge in [-0.2, -0.15) is 0 Å². The fraction of sp³-hybridized carbons (Fsp3) is 0.417. The summed E-state index contributed by atoms with van der Waals surface area (Å²) in [6, 6.07) is 14.5. The summed E-state index contributed by atoms with van der Waals surface area (Å²) < 4.78 is 11.0. The molecule has 0 aliphatic carbocycles. The molecule has 0 heterocycles. The molecule has 0 saturated carbocycles. The zero-order valence-corrected chi connectivity index (χ0v) is 18.3. The monoisotopic (exact) mass is 412 g/mol. The number of carbonyl (C=O) groups is 2. The van der Waals surface area contributed by atoms with E-state index in [-0.39, 0.29) is 18.4 Å². The summed E-state index contributed by atoms with van der Waals surface area (Å²) >= 11 is 0. The van der Waals surface area contributed by atoms with Crippen molar-refractivity contribution in [2.45, 2.75) is 46.2 Å². The summed E-state index contributed by atoms with van der Waals surface area (Å²) in [5.74, 6) is 0.664. The van der Waals surface area contributed by atoms with E-state index in [9.17, 15) is 9.59 Å². The van der Waals surface area contributed by atoms with Crippen molar-refractivity contribution < 1.29 is 19.1 Å². The summed E-state index contributed by atoms with van der Waals surface area (Å²) in [6.07, 6.45) is 1.35. The highest BCUT2D eigenvalue weighted by atomic mass is 16.5. The Bertz CT molecular complexity index is 837. The SMILES string of the molecule is CCCNC(=O)[C@H](CC)N(Cc1ccccc1C)C(=O)COc1ccccc1OC. The van der Waals surface area contributed by atoms with Crippen molar-refractivity contribution in [3.8, 4) is 11.5 Å². The van der Waals surface area contributed by atoms with Crippen LogP contribution in [0.1, 0.15) is 37.8 Å². The highest BCUT2D eigenvalue weighted by molar-refractivity contribution is 5.88. The number of methoxy groups -OCH3 is 1. The lowest BCUT2D eigenvalue weighted by Crippen LogP contribution is -2.50. The van der Waals surface area contributed by atoms with Gasteiger partial charge in [-0.1, -0.05) is 50.2 Å². The van der Waals surface area contributed by atoms with Gasteiger partial charge in [0.2, 0.25) is 5.91 Å². The van der Waals surface area contributed by atoms with Crippen molar-refractivity contribution in [2.24, 2.45) is 0 Å². The van der Waals surface area contributed by atoms with E-state index in [0.29, 0.717) is 31.0 Å². The molecule has 2 aromatic carbocycles. The van der Waals surface area contributed by atoms with Crippen molar-refractivity contribution in [1.29, 1.82) is 0 Å². The van der Waals surface area contributed by atoms with Gasteiger partial charge in [0.1, 0.15) is 6.04 Å². The molecular weight excluding hydrogens is 380 g/mol. The molecule has 0 saturated heterocycles. The minimum atomic E-state index is -0.565. The van der Waals surface area contributed by atoms with E-state index < -0.39 is 6.04 Å². The first-order valence-corrected chi connectivity index (χ1v) is 10.4. The van der Waals surface area contributed by atoms with Crippen molar-refractivity contribution in [2.75, 3.05) is 20.3 Å². The van der Waals surface area contributed by atoms with Crippen LogP contribution in [-0.2, 0) is 16.1 Å². The number of amides is 2. The van der Waals surface area contributed by atoms with Gasteiger partial charge in [0.05, 0.1) is 7.11 Å². The van der Waals surface area contributed by atoms with Gasteiger partial charge in [0.25, 0.3) is 5.91 Å². The van der Waals surface area contributed by atoms with Crippen molar-refractivity contribution in [3.05, 3.63) is 59.7 Å². The average molecular weight is 413 g/mol. The Morgan fingerprint density at radius 2 is 1.70 bits per heavy atom. The Hall–Kier alpha value is -3.02. The number of nitrogens with zero attached hydrogens (tertiary/aromatic N) is 1. The van der Waals surface area contributed by atoms with Gasteiger partial charge in [0.15, 0.2) is 18.1 Å². The molecule has 2 amide bonds. The van der Waals surface area contributed by atoms with Crippen LogP contribution in [0.2, 0.25) is 0 Å². The number of para-hydroxylation sites is 2. The van der Waals surface area contributed by atoms with Crippen molar-refractivity contribution in [1.82, 2.24) is 10.2 Å². The van der Waals surface area contributed by atoms with E-state index in [1.807, 2.05) is 57.2 Å². The smallest absolute Gasteiger partial charge is 0.261 e. The Morgan fingerprint density at radius 3 is 2.33 bits per heavy atom. The van der Waals surface area contributed by atoms with Crippen LogP contribution < -0.4 is 14.8 Å². The highest BCUT2D eigenvalue weighted by Gasteiger charge is 2.29. The van der Waals surface area contributed by atoms with Gasteiger partial charge in [-0.05, 0) is 43.0 Å². The maximum absolute atomic E-state index is 13.2. The molecule has 30 heavy (non-hydrogen) atoms. The van der Waals surface area contributed by atoms with Crippen LogP contribution in [-0.4, -0.2) is 43.0 Å². The molecule has 2 rings (SSSR count). The van der Waals surface area contributed by atoms with E-state index in [1.54, 1.807) is 24.1 Å². The lowest BCUT2D eigenvalue weighted by molar-refractivity contribution is -0.143. The molecule has 162 valence electrons. The first-order valence-electron chi connectivity index (χ1n) is 10.4. The Balaban J connectivity index is 2.23. The number of rotatable bonds is 11. The van der Waals surface area contributed by atoms with Crippen LogP contribution in [0, 0.1) is 6.92 Å². The van der Waals surface area contributed by atoms with Gasteiger partial charge in [-0.3, -0.25) is 9.59 Å². The summed E-state index contributed by atoms with van der Waals surface area (Å²) in [6.45, 7) is 6.66. The summed E-state index contributed by atoms with van der Waals surface area (Å²) in [5, 5.41) is 2.92. The predicted octanol–water partition coefficient (Wildman–Crippen LogP) is 3.72. The molecule has 0 aliphatic heterocycles. The lowest BCUT2D eigenvalue weighted by Gasteiger charge is -2.31. The standard InChI is InChI=1S/C24H32N2O4/c1-5-15-25-24(28)20(6-2)26(16-19-12-8-7-11-18(19)3)23(27)17-30-22-14-10-9-13-21(22)29-4/h7-14,20H,5-6,15-17H2,1-4H3,(H,25,28)/t20-/m0/s1. The minimum Gasteiger partial charge on any atom is -0.493 e.